The number of aliphatic hydroxyl groups is 1. The maximum absolute atomic E-state index is 10.2. The van der Waals surface area contributed by atoms with Crippen LogP contribution in [0.3, 0.4) is 0 Å². The summed E-state index contributed by atoms with van der Waals surface area (Å²) in [5, 5.41) is 10.2. The quantitative estimate of drug-likeness (QED) is 0.470. The van der Waals surface area contributed by atoms with Crippen molar-refractivity contribution >= 4 is 0 Å². The van der Waals surface area contributed by atoms with Gasteiger partial charge in [-0.15, -0.1) is 0 Å². The Morgan fingerprint density at radius 2 is 1.72 bits per heavy atom. The molecule has 29 heavy (non-hydrogen) atoms. The molecule has 4 aliphatic carbocycles. The topological polar surface area (TPSA) is 20.2 Å². The van der Waals surface area contributed by atoms with Crippen molar-refractivity contribution in [3.63, 3.8) is 0 Å². The zero-order chi connectivity index (χ0) is 21.0. The third-order valence-corrected chi connectivity index (χ3v) is 11.1. The molecule has 166 valence electrons. The number of hydrogen-bond acceptors (Lipinski definition) is 1. The summed E-state index contributed by atoms with van der Waals surface area (Å²) < 4.78 is 0. The van der Waals surface area contributed by atoms with Gasteiger partial charge in [0.25, 0.3) is 0 Å². The lowest BCUT2D eigenvalue weighted by Gasteiger charge is -2.58. The van der Waals surface area contributed by atoms with Gasteiger partial charge in [-0.1, -0.05) is 66.0 Å². The molecule has 0 spiro atoms. The third kappa shape index (κ3) is 3.66. The van der Waals surface area contributed by atoms with Crippen molar-refractivity contribution in [1.82, 2.24) is 0 Å². The van der Waals surface area contributed by atoms with E-state index >= 15 is 0 Å². The lowest BCUT2D eigenvalue weighted by molar-refractivity contribution is -0.0574. The molecular weight excluding hydrogens is 352 g/mol. The van der Waals surface area contributed by atoms with E-state index in [1.54, 1.807) is 5.57 Å². The van der Waals surface area contributed by atoms with E-state index in [0.717, 1.165) is 54.3 Å². The fourth-order valence-electron chi connectivity index (χ4n) is 8.68. The molecule has 4 aliphatic rings. The van der Waals surface area contributed by atoms with Gasteiger partial charge in [0, 0.05) is 0 Å². The molecule has 0 bridgehead atoms. The van der Waals surface area contributed by atoms with Gasteiger partial charge in [0.2, 0.25) is 0 Å². The summed E-state index contributed by atoms with van der Waals surface area (Å²) in [6.45, 7) is 15.1. The van der Waals surface area contributed by atoms with Crippen LogP contribution in [0.25, 0.3) is 0 Å². The second-order valence-corrected chi connectivity index (χ2v) is 12.7. The Morgan fingerprint density at radius 1 is 0.966 bits per heavy atom. The van der Waals surface area contributed by atoms with Gasteiger partial charge in [-0.3, -0.25) is 0 Å². The van der Waals surface area contributed by atoms with Crippen LogP contribution in [0, 0.1) is 52.3 Å². The number of fused-ring (bicyclic) bond motifs is 5. The minimum atomic E-state index is -0.0790. The molecule has 0 amide bonds. The smallest absolute Gasteiger partial charge is 0.0577 e. The van der Waals surface area contributed by atoms with Crippen molar-refractivity contribution in [3.8, 4) is 0 Å². The van der Waals surface area contributed by atoms with E-state index in [4.69, 9.17) is 0 Å². The van der Waals surface area contributed by atoms with Crippen molar-refractivity contribution < 1.29 is 5.11 Å². The molecule has 4 rings (SSSR count). The van der Waals surface area contributed by atoms with Gasteiger partial charge in [-0.2, -0.15) is 0 Å². The minimum absolute atomic E-state index is 0.0790. The van der Waals surface area contributed by atoms with Crippen LogP contribution in [0.1, 0.15) is 106 Å². The molecule has 0 heterocycles. The largest absolute Gasteiger partial charge is 0.393 e. The van der Waals surface area contributed by atoms with Crippen LogP contribution < -0.4 is 0 Å². The fraction of sp³-hybridized carbons (Fsp3) is 0.929. The van der Waals surface area contributed by atoms with Gasteiger partial charge in [-0.05, 0) is 104 Å². The highest BCUT2D eigenvalue weighted by Crippen LogP contribution is 2.67. The SMILES string of the molecule is CC(C)C(C)CCC(C)[C@H]1CC[C@H]2[C@@H]3CC=C4C[C@@H](O)CC[C@]4(C)[C@H]3CC[C@]12C. The van der Waals surface area contributed by atoms with E-state index in [-0.39, 0.29) is 6.10 Å². The second-order valence-electron chi connectivity index (χ2n) is 12.7. The highest BCUT2D eigenvalue weighted by molar-refractivity contribution is 5.25. The van der Waals surface area contributed by atoms with E-state index in [2.05, 4.69) is 47.6 Å². The van der Waals surface area contributed by atoms with Crippen LogP contribution in [0.4, 0.5) is 0 Å². The van der Waals surface area contributed by atoms with Gasteiger partial charge in [0.15, 0.2) is 0 Å². The molecule has 0 aromatic rings. The molecule has 0 aliphatic heterocycles. The summed E-state index contributed by atoms with van der Waals surface area (Å²) in [6.07, 6.45) is 15.7. The Labute approximate surface area is 181 Å². The van der Waals surface area contributed by atoms with Crippen molar-refractivity contribution in [3.05, 3.63) is 11.6 Å². The summed E-state index contributed by atoms with van der Waals surface area (Å²) >= 11 is 0. The Bertz CT molecular complexity index is 620. The monoisotopic (exact) mass is 400 g/mol. The summed E-state index contributed by atoms with van der Waals surface area (Å²) in [5.74, 6) is 6.24. The van der Waals surface area contributed by atoms with E-state index in [1.165, 1.54) is 51.4 Å². The van der Waals surface area contributed by atoms with Gasteiger partial charge < -0.3 is 5.11 Å². The first-order valence-corrected chi connectivity index (χ1v) is 13.0. The van der Waals surface area contributed by atoms with Gasteiger partial charge in [-0.25, -0.2) is 0 Å². The highest BCUT2D eigenvalue weighted by Gasteiger charge is 2.59. The molecule has 3 saturated carbocycles. The van der Waals surface area contributed by atoms with Crippen LogP contribution in [0.5, 0.6) is 0 Å². The van der Waals surface area contributed by atoms with E-state index in [0.29, 0.717) is 10.8 Å². The molecular formula is C28H48O. The highest BCUT2D eigenvalue weighted by atomic mass is 16.3. The second kappa shape index (κ2) is 7.99. The lowest BCUT2D eigenvalue weighted by Crippen LogP contribution is -2.50. The molecule has 1 heteroatoms. The Morgan fingerprint density at radius 3 is 2.45 bits per heavy atom. The number of allylic oxidation sites excluding steroid dienone is 1. The average molecular weight is 401 g/mol. The lowest BCUT2D eigenvalue weighted by atomic mass is 9.47. The van der Waals surface area contributed by atoms with Crippen LogP contribution in [-0.2, 0) is 0 Å². The molecule has 9 atom stereocenters. The number of aliphatic hydroxyl groups excluding tert-OH is 1. The zero-order valence-electron chi connectivity index (χ0n) is 20.2. The van der Waals surface area contributed by atoms with E-state index in [1.807, 2.05) is 0 Å². The standard InChI is InChI=1S/C28H48O/c1-18(2)19(3)7-8-20(4)24-11-12-25-23-10-9-21-17-22(29)13-15-27(21,5)26(23)14-16-28(24,25)6/h9,18-20,22-26,29H,7-8,10-17H2,1-6H3/t19?,20?,22-,23-,24+,25-,26-,27-,28+/m0/s1. The maximum atomic E-state index is 10.2. The van der Waals surface area contributed by atoms with Gasteiger partial charge in [0.1, 0.15) is 0 Å². The van der Waals surface area contributed by atoms with E-state index in [9.17, 15) is 5.11 Å². The van der Waals surface area contributed by atoms with Crippen molar-refractivity contribution in [2.24, 2.45) is 52.3 Å². The van der Waals surface area contributed by atoms with Crippen molar-refractivity contribution in [1.29, 1.82) is 0 Å². The maximum Gasteiger partial charge on any atom is 0.0577 e. The average Bonchev–Trinajstić information content (AvgIpc) is 3.03. The molecule has 1 N–H and O–H groups in total. The summed E-state index contributed by atoms with van der Waals surface area (Å²) in [5.41, 5.74) is 2.59. The molecule has 0 radical (unpaired) electrons. The molecule has 0 aromatic carbocycles. The first-order valence-electron chi connectivity index (χ1n) is 13.0. The van der Waals surface area contributed by atoms with Crippen LogP contribution in [0.15, 0.2) is 11.6 Å². The van der Waals surface area contributed by atoms with Crippen LogP contribution >= 0.6 is 0 Å². The van der Waals surface area contributed by atoms with E-state index < -0.39 is 0 Å². The molecule has 2 unspecified atom stereocenters. The Hall–Kier alpha value is -0.300. The summed E-state index contributed by atoms with van der Waals surface area (Å²) in [4.78, 5) is 0. The molecule has 3 fully saturated rings. The Kier molecular flexibility index (Phi) is 6.04. The predicted octanol–water partition coefficient (Wildman–Crippen LogP) is 7.63. The van der Waals surface area contributed by atoms with Crippen LogP contribution in [0.2, 0.25) is 0 Å². The van der Waals surface area contributed by atoms with Crippen LogP contribution in [-0.4, -0.2) is 11.2 Å². The number of hydrogen-bond donors (Lipinski definition) is 1. The minimum Gasteiger partial charge on any atom is -0.393 e. The molecule has 1 nitrogen and oxygen atoms in total. The Balaban J connectivity index is 1.49. The number of rotatable bonds is 5. The molecule has 0 aromatic heterocycles. The normalized spacial score (nSPS) is 46.5. The van der Waals surface area contributed by atoms with Crippen molar-refractivity contribution in [2.45, 2.75) is 112 Å². The first-order chi connectivity index (χ1) is 13.7. The zero-order valence-corrected chi connectivity index (χ0v) is 20.2. The van der Waals surface area contributed by atoms with Gasteiger partial charge in [0.05, 0.1) is 6.10 Å². The predicted molar refractivity (Wildman–Crippen MR) is 124 cm³/mol. The fourth-order valence-corrected chi connectivity index (χ4v) is 8.68. The summed E-state index contributed by atoms with van der Waals surface area (Å²) in [7, 11) is 0. The first kappa shape index (κ1) is 21.9. The summed E-state index contributed by atoms with van der Waals surface area (Å²) in [6, 6.07) is 0. The van der Waals surface area contributed by atoms with Gasteiger partial charge >= 0.3 is 0 Å². The molecule has 0 saturated heterocycles. The third-order valence-electron chi connectivity index (χ3n) is 11.1. The van der Waals surface area contributed by atoms with Crippen molar-refractivity contribution in [2.75, 3.05) is 0 Å².